The molecule has 0 bridgehead atoms. The largest absolute Gasteiger partial charge is 0.274 e. The zero-order valence-electron chi connectivity index (χ0n) is 17.1. The van der Waals surface area contributed by atoms with Crippen LogP contribution in [0.3, 0.4) is 0 Å². The molecule has 8 heteroatoms. The average Bonchev–Trinajstić information content (AvgIpc) is 3.61. The number of hydrogen-bond donors (Lipinski definition) is 1. The fourth-order valence-corrected chi connectivity index (χ4v) is 7.85. The molecule has 30 heavy (non-hydrogen) atoms. The third-order valence-corrected chi connectivity index (χ3v) is 10.1. The van der Waals surface area contributed by atoms with Gasteiger partial charge in [-0.1, -0.05) is 18.2 Å². The summed E-state index contributed by atoms with van der Waals surface area (Å²) < 4.78 is 43.0. The molecule has 2 unspecified atom stereocenters. The van der Waals surface area contributed by atoms with Gasteiger partial charge in [0.25, 0.3) is 5.91 Å². The molecule has 2 atom stereocenters. The zero-order valence-corrected chi connectivity index (χ0v) is 17.9. The second-order valence-corrected chi connectivity index (χ2v) is 11.6. The topological polar surface area (TPSA) is 75.7 Å². The van der Waals surface area contributed by atoms with Crippen molar-refractivity contribution in [3.05, 3.63) is 35.9 Å². The van der Waals surface area contributed by atoms with Crippen LogP contribution >= 0.6 is 0 Å². The van der Waals surface area contributed by atoms with Crippen molar-refractivity contribution in [3.8, 4) is 0 Å². The molecule has 5 rings (SSSR count). The first kappa shape index (κ1) is 20.4. The summed E-state index contributed by atoms with van der Waals surface area (Å²) in [4.78, 5) is 17.8. The lowest BCUT2D eigenvalue weighted by molar-refractivity contribution is -0.231. The van der Waals surface area contributed by atoms with Gasteiger partial charge in [-0.3, -0.25) is 4.79 Å². The van der Waals surface area contributed by atoms with Crippen molar-refractivity contribution >= 4 is 15.9 Å². The van der Waals surface area contributed by atoms with E-state index in [4.69, 9.17) is 4.84 Å². The molecule has 0 aromatic heterocycles. The van der Waals surface area contributed by atoms with Crippen LogP contribution in [0.5, 0.6) is 0 Å². The van der Waals surface area contributed by atoms with Crippen molar-refractivity contribution in [1.29, 1.82) is 0 Å². The molecule has 4 aliphatic rings. The van der Waals surface area contributed by atoms with Gasteiger partial charge in [-0.25, -0.2) is 27.4 Å². The molecule has 0 radical (unpaired) electrons. The number of alkyl halides is 1. The van der Waals surface area contributed by atoms with Crippen LogP contribution in [0.15, 0.2) is 30.3 Å². The third kappa shape index (κ3) is 3.46. The number of rotatable bonds is 7. The number of carbonyl (C=O) groups excluding carboxylic acids is 1. The van der Waals surface area contributed by atoms with Gasteiger partial charge in [0.2, 0.25) is 15.9 Å². The van der Waals surface area contributed by atoms with E-state index in [9.17, 15) is 13.2 Å². The second kappa shape index (κ2) is 7.28. The van der Waals surface area contributed by atoms with Crippen LogP contribution in [0.25, 0.3) is 0 Å². The number of halogens is 1. The molecule has 1 spiro atoms. The molecule has 1 heterocycles. The highest BCUT2D eigenvalue weighted by atomic mass is 32.2. The molecule has 1 saturated heterocycles. The smallest absolute Gasteiger partial charge is 0.267 e. The fraction of sp³-hybridized carbons (Fsp3) is 0.682. The van der Waals surface area contributed by atoms with E-state index in [0.717, 1.165) is 19.3 Å². The van der Waals surface area contributed by atoms with Crippen molar-refractivity contribution in [2.24, 2.45) is 17.3 Å². The molecule has 164 valence electrons. The molecular weight excluding hydrogens is 407 g/mol. The maximum atomic E-state index is 16.0. The summed E-state index contributed by atoms with van der Waals surface area (Å²) in [5.74, 6) is -2.85. The number of carbonyl (C=O) groups is 1. The Labute approximate surface area is 177 Å². The molecule has 6 nitrogen and oxygen atoms in total. The number of benzene rings is 1. The maximum Gasteiger partial charge on any atom is 0.274 e. The van der Waals surface area contributed by atoms with E-state index < -0.39 is 21.8 Å². The monoisotopic (exact) mass is 436 g/mol. The number of amides is 1. The van der Waals surface area contributed by atoms with Crippen molar-refractivity contribution in [3.63, 3.8) is 0 Å². The SMILES string of the molecule is O=C(NOC(F)(C1CC1)C1CCC2(CC1)CC2S(=O)(=O)N1CCC1)c1ccccc1. The Morgan fingerprint density at radius 1 is 1.10 bits per heavy atom. The summed E-state index contributed by atoms with van der Waals surface area (Å²) in [6, 6.07) is 8.63. The van der Waals surface area contributed by atoms with Crippen molar-refractivity contribution in [2.75, 3.05) is 13.1 Å². The first-order valence-corrected chi connectivity index (χ1v) is 12.6. The highest BCUT2D eigenvalue weighted by molar-refractivity contribution is 7.90. The van der Waals surface area contributed by atoms with Crippen LogP contribution in [-0.4, -0.2) is 42.8 Å². The average molecular weight is 437 g/mol. The lowest BCUT2D eigenvalue weighted by Gasteiger charge is -2.39. The minimum Gasteiger partial charge on any atom is -0.267 e. The first-order valence-electron chi connectivity index (χ1n) is 11.1. The third-order valence-electron chi connectivity index (χ3n) is 7.66. The van der Waals surface area contributed by atoms with E-state index in [1.54, 1.807) is 28.6 Å². The van der Waals surface area contributed by atoms with Crippen molar-refractivity contribution in [1.82, 2.24) is 9.79 Å². The number of hydroxylamine groups is 1. The minimum atomic E-state index is -3.19. The van der Waals surface area contributed by atoms with Gasteiger partial charge in [0.1, 0.15) is 0 Å². The van der Waals surface area contributed by atoms with Crippen LogP contribution in [0.1, 0.15) is 61.7 Å². The zero-order chi connectivity index (χ0) is 21.0. The standard InChI is InChI=1S/C22H29FN2O4S/c23-22(17-7-8-17,29-24-20(26)16-5-2-1-3-6-16)18-9-11-21(12-10-18)15-19(21)30(27,28)25-13-4-14-25/h1-3,5-6,17-19H,4,7-15H2,(H,24,26). The van der Waals surface area contributed by atoms with Crippen LogP contribution in [0.4, 0.5) is 4.39 Å². The Balaban J connectivity index is 1.21. The first-order chi connectivity index (χ1) is 14.4. The van der Waals surface area contributed by atoms with Gasteiger partial charge in [-0.2, -0.15) is 0 Å². The number of nitrogens with one attached hydrogen (secondary N) is 1. The van der Waals surface area contributed by atoms with Crippen LogP contribution in [-0.2, 0) is 14.9 Å². The van der Waals surface area contributed by atoms with E-state index in [-0.39, 0.29) is 22.5 Å². The van der Waals surface area contributed by atoms with Crippen LogP contribution in [0, 0.1) is 17.3 Å². The van der Waals surface area contributed by atoms with Gasteiger partial charge in [0, 0.05) is 30.5 Å². The summed E-state index contributed by atoms with van der Waals surface area (Å²) in [6.45, 7) is 1.28. The van der Waals surface area contributed by atoms with Gasteiger partial charge < -0.3 is 0 Å². The lowest BCUT2D eigenvalue weighted by Crippen LogP contribution is -2.47. The number of sulfonamides is 1. The minimum absolute atomic E-state index is 0.178. The fourth-order valence-electron chi connectivity index (χ4n) is 5.32. The quantitative estimate of drug-likeness (QED) is 0.665. The molecule has 1 N–H and O–H groups in total. The molecule has 1 aliphatic heterocycles. The van der Waals surface area contributed by atoms with Crippen LogP contribution in [0.2, 0.25) is 0 Å². The molecule has 4 fully saturated rings. The van der Waals surface area contributed by atoms with Gasteiger partial charge in [-0.05, 0) is 68.9 Å². The van der Waals surface area contributed by atoms with E-state index in [1.165, 1.54) is 0 Å². The van der Waals surface area contributed by atoms with Crippen molar-refractivity contribution < 1.29 is 22.4 Å². The summed E-state index contributed by atoms with van der Waals surface area (Å²) in [5.41, 5.74) is 2.59. The maximum absolute atomic E-state index is 16.0. The Hall–Kier alpha value is -1.51. The highest BCUT2D eigenvalue weighted by Crippen LogP contribution is 2.63. The lowest BCUT2D eigenvalue weighted by atomic mass is 9.75. The predicted molar refractivity (Wildman–Crippen MR) is 109 cm³/mol. The van der Waals surface area contributed by atoms with E-state index in [0.29, 0.717) is 50.8 Å². The number of nitrogens with zero attached hydrogens (tertiary/aromatic N) is 1. The van der Waals surface area contributed by atoms with Gasteiger partial charge in [-0.15, -0.1) is 0 Å². The summed E-state index contributed by atoms with van der Waals surface area (Å²) in [6.07, 6.45) is 5.77. The summed E-state index contributed by atoms with van der Waals surface area (Å²) in [7, 11) is -3.19. The van der Waals surface area contributed by atoms with Gasteiger partial charge in [0.05, 0.1) is 5.25 Å². The summed E-state index contributed by atoms with van der Waals surface area (Å²) in [5, 5.41) is -0.292. The van der Waals surface area contributed by atoms with Crippen LogP contribution < -0.4 is 5.48 Å². The Bertz CT molecular complexity index is 908. The molecule has 3 saturated carbocycles. The molecule has 3 aliphatic carbocycles. The molecule has 1 amide bonds. The second-order valence-electron chi connectivity index (χ2n) is 9.50. The van der Waals surface area contributed by atoms with E-state index >= 15 is 4.39 Å². The van der Waals surface area contributed by atoms with E-state index in [1.807, 2.05) is 6.07 Å². The predicted octanol–water partition coefficient (Wildman–Crippen LogP) is 3.41. The summed E-state index contributed by atoms with van der Waals surface area (Å²) >= 11 is 0. The van der Waals surface area contributed by atoms with E-state index in [2.05, 4.69) is 5.48 Å². The Morgan fingerprint density at radius 3 is 2.30 bits per heavy atom. The molecule has 1 aromatic carbocycles. The Kier molecular flexibility index (Phi) is 4.95. The normalized spacial score (nSPS) is 33.5. The van der Waals surface area contributed by atoms with Crippen molar-refractivity contribution in [2.45, 2.75) is 62.5 Å². The van der Waals surface area contributed by atoms with Gasteiger partial charge >= 0.3 is 0 Å². The Morgan fingerprint density at radius 2 is 1.73 bits per heavy atom. The number of hydrogen-bond acceptors (Lipinski definition) is 4. The van der Waals surface area contributed by atoms with Gasteiger partial charge in [0.15, 0.2) is 0 Å². The molecule has 1 aromatic rings. The highest BCUT2D eigenvalue weighted by Gasteiger charge is 2.65. The molecular formula is C22H29FN2O4S.